The van der Waals surface area contributed by atoms with E-state index < -0.39 is 23.2 Å². The van der Waals surface area contributed by atoms with Crippen LogP contribution in [0.5, 0.6) is 0 Å². The van der Waals surface area contributed by atoms with Gasteiger partial charge in [0.1, 0.15) is 17.1 Å². The highest BCUT2D eigenvalue weighted by atomic mass is 35.5. The van der Waals surface area contributed by atoms with Gasteiger partial charge in [0.2, 0.25) is 5.91 Å². The van der Waals surface area contributed by atoms with Crippen LogP contribution in [0.4, 0.5) is 10.1 Å². The van der Waals surface area contributed by atoms with Crippen molar-refractivity contribution in [3.8, 4) is 0 Å². The molecule has 1 N–H and O–H groups in total. The molecular weight excluding hydrogens is 442 g/mol. The number of rotatable bonds is 4. The zero-order valence-electron chi connectivity index (χ0n) is 16.8. The van der Waals surface area contributed by atoms with Gasteiger partial charge in [-0.15, -0.1) is 0 Å². The number of ketones is 1. The highest BCUT2D eigenvalue weighted by molar-refractivity contribution is 6.31. The molecule has 2 fully saturated rings. The molecule has 1 spiro atoms. The lowest BCUT2D eigenvalue weighted by atomic mass is 9.71. The number of anilines is 1. The van der Waals surface area contributed by atoms with Crippen molar-refractivity contribution in [2.24, 2.45) is 5.92 Å². The van der Waals surface area contributed by atoms with Crippen LogP contribution in [0.1, 0.15) is 29.9 Å². The minimum absolute atomic E-state index is 0.0280. The Labute approximate surface area is 189 Å². The Kier molecular flexibility index (Phi) is 5.09. The first-order valence-corrected chi connectivity index (χ1v) is 11.0. The first-order valence-electron chi connectivity index (χ1n) is 10.2. The first-order chi connectivity index (χ1) is 14.9. The average Bonchev–Trinajstić information content (AvgIpc) is 3.34. The zero-order chi connectivity index (χ0) is 21.9. The molecule has 2 heterocycles. The van der Waals surface area contributed by atoms with Crippen molar-refractivity contribution in [2.45, 2.75) is 30.3 Å². The number of methoxy groups -OCH3 is 1. The number of benzene rings is 2. The number of carbonyl (C=O) groups excluding carboxylic acids is 2. The van der Waals surface area contributed by atoms with E-state index >= 15 is 4.39 Å². The van der Waals surface area contributed by atoms with Crippen molar-refractivity contribution < 1.29 is 18.7 Å². The number of likely N-dealkylation sites (tertiary alicyclic amines) is 1. The van der Waals surface area contributed by atoms with Crippen molar-refractivity contribution >= 4 is 40.6 Å². The Hall–Kier alpha value is -1.99. The topological polar surface area (TPSA) is 58.6 Å². The van der Waals surface area contributed by atoms with Crippen LogP contribution in [0.3, 0.4) is 0 Å². The second-order valence-corrected chi connectivity index (χ2v) is 9.16. The van der Waals surface area contributed by atoms with E-state index in [1.165, 1.54) is 6.07 Å². The fraction of sp³-hybridized carbons (Fsp3) is 0.391. The number of carbonyl (C=O) groups is 2. The van der Waals surface area contributed by atoms with Crippen LogP contribution in [-0.4, -0.2) is 42.9 Å². The highest BCUT2D eigenvalue weighted by Gasteiger charge is 2.69. The van der Waals surface area contributed by atoms with E-state index in [1.807, 2.05) is 4.90 Å². The molecule has 8 heteroatoms. The number of nitrogens with one attached hydrogen (secondary N) is 1. The van der Waals surface area contributed by atoms with Crippen molar-refractivity contribution in [3.05, 3.63) is 63.4 Å². The Morgan fingerprint density at radius 3 is 2.84 bits per heavy atom. The lowest BCUT2D eigenvalue weighted by Crippen LogP contribution is -2.53. The van der Waals surface area contributed by atoms with Crippen LogP contribution in [0.25, 0.3) is 0 Å². The first kappa shape index (κ1) is 20.9. The molecule has 2 aromatic rings. The van der Waals surface area contributed by atoms with Gasteiger partial charge in [0.15, 0.2) is 0 Å². The second kappa shape index (κ2) is 7.55. The third-order valence-corrected chi connectivity index (χ3v) is 7.50. The van der Waals surface area contributed by atoms with Gasteiger partial charge in [0.05, 0.1) is 11.6 Å². The van der Waals surface area contributed by atoms with Gasteiger partial charge in [-0.05, 0) is 30.2 Å². The van der Waals surface area contributed by atoms with Gasteiger partial charge < -0.3 is 10.1 Å². The maximum Gasteiger partial charge on any atom is 0.250 e. The van der Waals surface area contributed by atoms with Crippen LogP contribution in [0.15, 0.2) is 36.4 Å². The SMILES string of the molecule is COCCN1[C@H]2CCC(=O)[C@H]2[C@H](c2cccc(Cl)c2F)[C@]12C(=O)Nc1cc(Cl)ccc12. The second-order valence-electron chi connectivity index (χ2n) is 8.32. The quantitative estimate of drug-likeness (QED) is 0.732. The summed E-state index contributed by atoms with van der Waals surface area (Å²) in [6.45, 7) is 0.805. The van der Waals surface area contributed by atoms with Gasteiger partial charge >= 0.3 is 0 Å². The lowest BCUT2D eigenvalue weighted by molar-refractivity contribution is -0.128. The summed E-state index contributed by atoms with van der Waals surface area (Å²) in [5.41, 5.74) is 0.315. The predicted octanol–water partition coefficient (Wildman–Crippen LogP) is 4.37. The van der Waals surface area contributed by atoms with Crippen molar-refractivity contribution in [1.29, 1.82) is 0 Å². The molecule has 0 aromatic heterocycles. The predicted molar refractivity (Wildman–Crippen MR) is 116 cm³/mol. The van der Waals surface area contributed by atoms with Crippen molar-refractivity contribution in [3.63, 3.8) is 0 Å². The van der Waals surface area contributed by atoms with Crippen molar-refractivity contribution in [2.75, 3.05) is 25.6 Å². The molecule has 1 amide bonds. The number of ether oxygens (including phenoxy) is 1. The standard InChI is InChI=1S/C23H21Cl2FN2O3/c1-31-10-9-28-17-7-8-18(29)19(17)20(13-3-2-4-15(25)21(13)26)23(28)14-6-5-12(24)11-16(14)27-22(23)30/h2-6,11,17,19-20H,7-10H2,1H3,(H,27,30)/t17-,19-,20-,23+/m0/s1. The van der Waals surface area contributed by atoms with E-state index in [0.717, 1.165) is 0 Å². The van der Waals surface area contributed by atoms with Crippen LogP contribution in [-0.2, 0) is 19.9 Å². The Morgan fingerprint density at radius 2 is 2.06 bits per heavy atom. The smallest absolute Gasteiger partial charge is 0.250 e. The van der Waals surface area contributed by atoms with Crippen LogP contribution in [0.2, 0.25) is 10.0 Å². The van der Waals surface area contributed by atoms with E-state index in [2.05, 4.69) is 5.32 Å². The summed E-state index contributed by atoms with van der Waals surface area (Å²) in [4.78, 5) is 28.9. The van der Waals surface area contributed by atoms with E-state index in [4.69, 9.17) is 27.9 Å². The number of hydrogen-bond acceptors (Lipinski definition) is 4. The third-order valence-electron chi connectivity index (χ3n) is 6.97. The minimum atomic E-state index is -1.25. The molecule has 0 unspecified atom stereocenters. The van der Waals surface area contributed by atoms with E-state index in [-0.39, 0.29) is 28.3 Å². The summed E-state index contributed by atoms with van der Waals surface area (Å²) in [5.74, 6) is -2.06. The number of halogens is 3. The molecule has 2 aromatic carbocycles. The van der Waals surface area contributed by atoms with Gasteiger partial charge in [-0.2, -0.15) is 0 Å². The number of Topliss-reactive ketones (excluding diaryl/α,β-unsaturated/α-hetero) is 1. The molecule has 1 saturated heterocycles. The molecule has 31 heavy (non-hydrogen) atoms. The molecule has 162 valence electrons. The van der Waals surface area contributed by atoms with E-state index in [1.54, 1.807) is 37.4 Å². The Balaban J connectivity index is 1.81. The molecule has 4 atom stereocenters. The highest BCUT2D eigenvalue weighted by Crippen LogP contribution is 2.62. The molecule has 2 aliphatic heterocycles. The van der Waals surface area contributed by atoms with Gasteiger partial charge in [-0.1, -0.05) is 41.4 Å². The number of fused-ring (bicyclic) bond motifs is 3. The van der Waals surface area contributed by atoms with E-state index in [0.29, 0.717) is 42.3 Å². The average molecular weight is 463 g/mol. The van der Waals surface area contributed by atoms with Gasteiger partial charge in [-0.25, -0.2) is 4.39 Å². The summed E-state index contributed by atoms with van der Waals surface area (Å²) >= 11 is 12.3. The fourth-order valence-electron chi connectivity index (χ4n) is 5.91. The number of amides is 1. The number of hydrogen-bond donors (Lipinski definition) is 1. The van der Waals surface area contributed by atoms with Crippen molar-refractivity contribution in [1.82, 2.24) is 4.90 Å². The van der Waals surface area contributed by atoms with Crippen LogP contribution in [0, 0.1) is 11.7 Å². The Morgan fingerprint density at radius 1 is 1.26 bits per heavy atom. The van der Waals surface area contributed by atoms with E-state index in [9.17, 15) is 9.59 Å². The Bertz CT molecular complexity index is 1090. The third kappa shape index (κ3) is 2.82. The summed E-state index contributed by atoms with van der Waals surface area (Å²) in [7, 11) is 1.59. The monoisotopic (exact) mass is 462 g/mol. The molecule has 3 aliphatic rings. The summed E-state index contributed by atoms with van der Waals surface area (Å²) in [6, 6.07) is 9.79. The minimum Gasteiger partial charge on any atom is -0.383 e. The molecular formula is C23H21Cl2FN2O3. The summed E-state index contributed by atoms with van der Waals surface area (Å²) in [5, 5.41) is 3.40. The normalized spacial score (nSPS) is 29.5. The molecule has 5 rings (SSSR count). The van der Waals surface area contributed by atoms with Crippen LogP contribution < -0.4 is 5.32 Å². The molecule has 1 saturated carbocycles. The summed E-state index contributed by atoms with van der Waals surface area (Å²) in [6.07, 6.45) is 1.02. The number of nitrogens with zero attached hydrogens (tertiary/aromatic N) is 1. The fourth-order valence-corrected chi connectivity index (χ4v) is 6.26. The largest absolute Gasteiger partial charge is 0.383 e. The summed E-state index contributed by atoms with van der Waals surface area (Å²) < 4.78 is 20.7. The molecule has 0 bridgehead atoms. The maximum atomic E-state index is 15.4. The lowest BCUT2D eigenvalue weighted by Gasteiger charge is -2.40. The zero-order valence-corrected chi connectivity index (χ0v) is 18.3. The van der Waals surface area contributed by atoms with Crippen LogP contribution >= 0.6 is 23.2 Å². The molecule has 1 aliphatic carbocycles. The van der Waals surface area contributed by atoms with Gasteiger partial charge in [0.25, 0.3) is 0 Å². The van der Waals surface area contributed by atoms with Gasteiger partial charge in [0, 0.05) is 54.2 Å². The molecule has 5 nitrogen and oxygen atoms in total. The van der Waals surface area contributed by atoms with Gasteiger partial charge in [-0.3, -0.25) is 14.5 Å². The molecule has 0 radical (unpaired) electrons. The maximum absolute atomic E-state index is 15.4.